The number of aliphatic carboxylic acids is 1. The van der Waals surface area contributed by atoms with Gasteiger partial charge in [0.25, 0.3) is 5.91 Å². The average molecular weight is 427 g/mol. The Morgan fingerprint density at radius 2 is 1.67 bits per heavy atom. The Kier molecular flexibility index (Phi) is 5.72. The van der Waals surface area contributed by atoms with Crippen molar-refractivity contribution in [2.75, 3.05) is 26.2 Å². The molecule has 1 aromatic carbocycles. The van der Waals surface area contributed by atoms with E-state index in [-0.39, 0.29) is 5.91 Å². The van der Waals surface area contributed by atoms with Gasteiger partial charge in [-0.3, -0.25) is 9.78 Å². The molecule has 0 spiro atoms. The lowest BCUT2D eigenvalue weighted by molar-refractivity contribution is -0.146. The van der Waals surface area contributed by atoms with Crippen molar-refractivity contribution in [2.45, 2.75) is 24.8 Å². The Morgan fingerprint density at radius 1 is 1.00 bits per heavy atom. The molecule has 0 unspecified atom stereocenters. The van der Waals surface area contributed by atoms with E-state index in [1.165, 1.54) is 0 Å². The Bertz CT molecular complexity index is 967. The lowest BCUT2D eigenvalue weighted by atomic mass is 9.77. The zero-order chi connectivity index (χ0) is 21.1. The third-order valence-electron chi connectivity index (χ3n) is 5.76. The number of aromatic nitrogens is 1. The van der Waals surface area contributed by atoms with Gasteiger partial charge in [0.15, 0.2) is 11.4 Å². The molecule has 2 fully saturated rings. The standard InChI is InChI=1S/C22H23ClN4O3/c23-17-7-2-1-6-16(17)20(28)27-14-12-26(13-15-27)19(18-8-3-4-11-24-18)25-22(21(29)30)9-5-10-22/h1-4,6-8,11H,5,9-10,12-15H2,(H,29,30). The van der Waals surface area contributed by atoms with Crippen LogP contribution in [0.3, 0.4) is 0 Å². The molecule has 7 nitrogen and oxygen atoms in total. The van der Waals surface area contributed by atoms with Crippen LogP contribution in [0.25, 0.3) is 0 Å². The molecular weight excluding hydrogens is 404 g/mol. The molecular formula is C22H23ClN4O3. The Morgan fingerprint density at radius 3 is 2.23 bits per heavy atom. The molecule has 1 amide bonds. The molecule has 2 aliphatic rings. The van der Waals surface area contributed by atoms with E-state index >= 15 is 0 Å². The number of aliphatic imine (C=N–C) groups is 1. The van der Waals surface area contributed by atoms with Crippen LogP contribution in [0.5, 0.6) is 0 Å². The summed E-state index contributed by atoms with van der Waals surface area (Å²) in [4.78, 5) is 37.6. The van der Waals surface area contributed by atoms with Gasteiger partial charge in [0.05, 0.1) is 10.6 Å². The van der Waals surface area contributed by atoms with E-state index in [0.717, 1.165) is 6.42 Å². The highest BCUT2D eigenvalue weighted by molar-refractivity contribution is 6.33. The van der Waals surface area contributed by atoms with E-state index in [9.17, 15) is 14.7 Å². The average Bonchev–Trinajstić information content (AvgIpc) is 2.74. The maximum absolute atomic E-state index is 12.8. The number of amides is 1. The monoisotopic (exact) mass is 426 g/mol. The molecule has 2 aromatic rings. The van der Waals surface area contributed by atoms with E-state index in [1.54, 1.807) is 35.4 Å². The smallest absolute Gasteiger partial charge is 0.331 e. The maximum Gasteiger partial charge on any atom is 0.331 e. The third-order valence-corrected chi connectivity index (χ3v) is 6.09. The van der Waals surface area contributed by atoms with Crippen molar-refractivity contribution in [3.8, 4) is 0 Å². The largest absolute Gasteiger partial charge is 0.479 e. The van der Waals surface area contributed by atoms with E-state index < -0.39 is 11.5 Å². The van der Waals surface area contributed by atoms with Crippen molar-refractivity contribution in [1.29, 1.82) is 0 Å². The number of halogens is 1. The first-order valence-corrected chi connectivity index (χ1v) is 10.4. The number of hydrogen-bond donors (Lipinski definition) is 1. The van der Waals surface area contributed by atoms with E-state index in [4.69, 9.17) is 16.6 Å². The summed E-state index contributed by atoms with van der Waals surface area (Å²) in [6.45, 7) is 2.08. The number of pyridine rings is 1. The van der Waals surface area contributed by atoms with Crippen molar-refractivity contribution in [3.63, 3.8) is 0 Å². The van der Waals surface area contributed by atoms with Gasteiger partial charge in [0.2, 0.25) is 0 Å². The molecule has 156 valence electrons. The van der Waals surface area contributed by atoms with Crippen molar-refractivity contribution in [1.82, 2.24) is 14.8 Å². The van der Waals surface area contributed by atoms with Gasteiger partial charge in [-0.25, -0.2) is 9.79 Å². The molecule has 0 bridgehead atoms. The van der Waals surface area contributed by atoms with Gasteiger partial charge in [0.1, 0.15) is 5.69 Å². The third kappa shape index (κ3) is 3.89. The van der Waals surface area contributed by atoms with Crippen molar-refractivity contribution < 1.29 is 14.7 Å². The molecule has 8 heteroatoms. The molecule has 1 saturated heterocycles. The number of hydrogen-bond acceptors (Lipinski definition) is 4. The Hall–Kier alpha value is -2.93. The van der Waals surface area contributed by atoms with Crippen molar-refractivity contribution in [3.05, 3.63) is 64.9 Å². The number of nitrogens with zero attached hydrogens (tertiary/aromatic N) is 4. The molecule has 0 radical (unpaired) electrons. The number of piperazine rings is 1. The molecule has 4 rings (SSSR count). The van der Waals surface area contributed by atoms with Crippen LogP contribution in [0.2, 0.25) is 5.02 Å². The molecule has 1 aliphatic heterocycles. The molecule has 1 aromatic heterocycles. The van der Waals surface area contributed by atoms with Gasteiger partial charge in [-0.2, -0.15) is 0 Å². The quantitative estimate of drug-likeness (QED) is 0.600. The maximum atomic E-state index is 12.8. The molecule has 1 saturated carbocycles. The molecule has 2 heterocycles. The highest BCUT2D eigenvalue weighted by Gasteiger charge is 2.45. The number of carbonyl (C=O) groups excluding carboxylic acids is 1. The minimum atomic E-state index is -1.07. The van der Waals surface area contributed by atoms with E-state index in [0.29, 0.717) is 61.1 Å². The van der Waals surface area contributed by atoms with Gasteiger partial charge in [-0.1, -0.05) is 29.8 Å². The zero-order valence-corrected chi connectivity index (χ0v) is 17.3. The molecule has 30 heavy (non-hydrogen) atoms. The van der Waals surface area contributed by atoms with Crippen LogP contribution in [0.1, 0.15) is 35.3 Å². The number of benzene rings is 1. The topological polar surface area (TPSA) is 86.1 Å². The normalized spacial score (nSPS) is 18.6. The summed E-state index contributed by atoms with van der Waals surface area (Å²) in [5.41, 5.74) is 0.0682. The summed E-state index contributed by atoms with van der Waals surface area (Å²) < 4.78 is 0. The summed E-state index contributed by atoms with van der Waals surface area (Å²) in [6, 6.07) is 12.6. The second kappa shape index (κ2) is 8.44. The van der Waals surface area contributed by atoms with Gasteiger partial charge in [-0.15, -0.1) is 0 Å². The summed E-state index contributed by atoms with van der Waals surface area (Å²) in [6.07, 6.45) is 3.59. The summed E-state index contributed by atoms with van der Waals surface area (Å²) in [5.74, 6) is -0.408. The van der Waals surface area contributed by atoms with E-state index in [1.807, 2.05) is 23.1 Å². The fraction of sp³-hybridized carbons (Fsp3) is 0.364. The van der Waals surface area contributed by atoms with Gasteiger partial charge >= 0.3 is 5.97 Å². The first-order chi connectivity index (χ1) is 14.5. The van der Waals surface area contributed by atoms with Gasteiger partial charge < -0.3 is 14.9 Å². The molecule has 1 N–H and O–H groups in total. The van der Waals surface area contributed by atoms with Crippen LogP contribution in [0.4, 0.5) is 0 Å². The summed E-state index contributed by atoms with van der Waals surface area (Å²) >= 11 is 6.18. The van der Waals surface area contributed by atoms with Crippen molar-refractivity contribution >= 4 is 29.3 Å². The summed E-state index contributed by atoms with van der Waals surface area (Å²) in [5, 5.41) is 10.2. The van der Waals surface area contributed by atoms with Gasteiger partial charge in [0, 0.05) is 32.4 Å². The van der Waals surface area contributed by atoms with Crippen molar-refractivity contribution in [2.24, 2.45) is 4.99 Å². The highest BCUT2D eigenvalue weighted by Crippen LogP contribution is 2.37. The zero-order valence-electron chi connectivity index (χ0n) is 16.5. The number of amidine groups is 1. The minimum Gasteiger partial charge on any atom is -0.479 e. The minimum absolute atomic E-state index is 0.0995. The molecule has 0 atom stereocenters. The van der Waals surface area contributed by atoms with Crippen LogP contribution in [-0.4, -0.2) is 69.3 Å². The first kappa shape index (κ1) is 20.3. The number of carbonyl (C=O) groups is 2. The SMILES string of the molecule is O=C(c1ccccc1Cl)N1CCN(C(=NC2(C(=O)O)CCC2)c2ccccn2)CC1. The van der Waals surface area contributed by atoms with Crippen LogP contribution in [0, 0.1) is 0 Å². The Balaban J connectivity index is 1.55. The van der Waals surface area contributed by atoms with Crippen LogP contribution in [0.15, 0.2) is 53.7 Å². The second-order valence-electron chi connectivity index (χ2n) is 7.60. The van der Waals surface area contributed by atoms with Crippen LogP contribution >= 0.6 is 11.6 Å². The predicted octanol–water partition coefficient (Wildman–Crippen LogP) is 2.95. The lowest BCUT2D eigenvalue weighted by Gasteiger charge is -2.39. The molecule has 1 aliphatic carbocycles. The predicted molar refractivity (Wildman–Crippen MR) is 114 cm³/mol. The number of carboxylic acids is 1. The first-order valence-electron chi connectivity index (χ1n) is 10.0. The number of rotatable bonds is 4. The number of carboxylic acid groups (broad SMARTS) is 1. The lowest BCUT2D eigenvalue weighted by Crippen LogP contribution is -2.53. The fourth-order valence-corrected chi connectivity index (χ4v) is 4.02. The summed E-state index contributed by atoms with van der Waals surface area (Å²) in [7, 11) is 0. The highest BCUT2D eigenvalue weighted by atomic mass is 35.5. The van der Waals surface area contributed by atoms with E-state index in [2.05, 4.69) is 4.98 Å². The van der Waals surface area contributed by atoms with Gasteiger partial charge in [-0.05, 0) is 43.5 Å². The second-order valence-corrected chi connectivity index (χ2v) is 8.01. The van der Waals surface area contributed by atoms with Crippen LogP contribution in [-0.2, 0) is 4.79 Å². The fourth-order valence-electron chi connectivity index (χ4n) is 3.80. The Labute approximate surface area is 180 Å². The van der Waals surface area contributed by atoms with Crippen LogP contribution < -0.4 is 0 Å².